The summed E-state index contributed by atoms with van der Waals surface area (Å²) in [5.41, 5.74) is -0.799. The van der Waals surface area contributed by atoms with Crippen LogP contribution in [0.3, 0.4) is 0 Å². The van der Waals surface area contributed by atoms with E-state index in [9.17, 15) is 39.3 Å². The summed E-state index contributed by atoms with van der Waals surface area (Å²) in [5.74, 6) is -3.33. The van der Waals surface area contributed by atoms with Crippen molar-refractivity contribution in [2.75, 3.05) is 13.2 Å². The van der Waals surface area contributed by atoms with Crippen LogP contribution in [-0.2, 0) is 38.2 Å². The van der Waals surface area contributed by atoms with Crippen LogP contribution in [0.1, 0.15) is 68.2 Å². The molecule has 0 saturated carbocycles. The van der Waals surface area contributed by atoms with Crippen molar-refractivity contribution in [3.05, 3.63) is 0 Å². The van der Waals surface area contributed by atoms with Crippen molar-refractivity contribution in [3.8, 4) is 0 Å². The highest BCUT2D eigenvalue weighted by atomic mass is 16.7. The van der Waals surface area contributed by atoms with Gasteiger partial charge in [-0.05, 0) is 46.5 Å². The van der Waals surface area contributed by atoms with Crippen LogP contribution in [0.2, 0.25) is 0 Å². The first-order valence-electron chi connectivity index (χ1n) is 14.5. The Morgan fingerprint density at radius 1 is 0.977 bits per heavy atom. The molecule has 0 bridgehead atoms. The van der Waals surface area contributed by atoms with E-state index in [2.05, 4.69) is 16.0 Å². The summed E-state index contributed by atoms with van der Waals surface area (Å²) in [5, 5.41) is 38.4. The van der Waals surface area contributed by atoms with Gasteiger partial charge in [0.15, 0.2) is 6.29 Å². The molecule has 9 atom stereocenters. The fourth-order valence-corrected chi connectivity index (χ4v) is 5.08. The molecule has 2 aliphatic heterocycles. The van der Waals surface area contributed by atoms with E-state index < -0.39 is 96.7 Å². The number of aliphatic hydroxyl groups is 3. The van der Waals surface area contributed by atoms with Gasteiger partial charge in [-0.1, -0.05) is 13.8 Å². The third-order valence-corrected chi connectivity index (χ3v) is 7.16. The molecule has 0 aromatic heterocycles. The number of rotatable bonds is 11. The summed E-state index contributed by atoms with van der Waals surface area (Å²) in [6.07, 6.45) is -6.25. The Morgan fingerprint density at radius 3 is 2.12 bits per heavy atom. The van der Waals surface area contributed by atoms with Crippen molar-refractivity contribution >= 4 is 29.6 Å². The minimum absolute atomic E-state index is 0.201. The van der Waals surface area contributed by atoms with Gasteiger partial charge in [0.05, 0.1) is 12.7 Å². The predicted octanol–water partition coefficient (Wildman–Crippen LogP) is -1.69. The fraction of sp³-hybridized carbons (Fsp3) is 0.821. The predicted molar refractivity (Wildman–Crippen MR) is 151 cm³/mol. The number of carbonyl (C=O) groups excluding carboxylic acids is 5. The maximum atomic E-state index is 14.1. The van der Waals surface area contributed by atoms with E-state index in [0.29, 0.717) is 12.8 Å². The zero-order valence-corrected chi connectivity index (χ0v) is 26.2. The number of aliphatic hydroxyl groups excluding tert-OH is 3. The second-order valence-electron chi connectivity index (χ2n) is 12.4. The Bertz CT molecular complexity index is 1020. The van der Waals surface area contributed by atoms with Crippen LogP contribution < -0.4 is 16.0 Å². The first-order chi connectivity index (χ1) is 19.9. The van der Waals surface area contributed by atoms with Crippen LogP contribution in [0.4, 0.5) is 0 Å². The quantitative estimate of drug-likeness (QED) is 0.144. The van der Waals surface area contributed by atoms with E-state index in [4.69, 9.17) is 14.2 Å². The van der Waals surface area contributed by atoms with Crippen LogP contribution in [0, 0.1) is 5.92 Å². The Hall–Kier alpha value is -2.85. The van der Waals surface area contributed by atoms with Gasteiger partial charge in [0.25, 0.3) is 0 Å². The van der Waals surface area contributed by atoms with Crippen LogP contribution in [0.25, 0.3) is 0 Å². The molecule has 0 spiro atoms. The molecule has 0 aromatic carbocycles. The Balaban J connectivity index is 2.44. The van der Waals surface area contributed by atoms with Gasteiger partial charge in [-0.15, -0.1) is 0 Å². The monoisotopic (exact) mass is 616 g/mol. The minimum atomic E-state index is -1.60. The van der Waals surface area contributed by atoms with E-state index in [-0.39, 0.29) is 12.5 Å². The lowest BCUT2D eigenvalue weighted by molar-refractivity contribution is -0.281. The number of nitrogens with zero attached hydrogens (tertiary/aromatic N) is 1. The van der Waals surface area contributed by atoms with E-state index in [1.165, 1.54) is 25.7 Å². The SMILES string of the molecule is CC(=O)N[C@H]1[C@@H](O[C@H](C)[C@H](NC(=O)[C@@H](NC(C)=O)C(C)C)C(=O)N2CCC[C@H]2C(=O)OC(C)(C)C)O[C@H](CO)[C@H](O)[C@@H]1O. The molecular weight excluding hydrogens is 568 g/mol. The van der Waals surface area contributed by atoms with Gasteiger partial charge in [0.2, 0.25) is 23.6 Å². The van der Waals surface area contributed by atoms with Crippen molar-refractivity contribution < 1.29 is 53.5 Å². The zero-order chi connectivity index (χ0) is 32.8. The first-order valence-corrected chi connectivity index (χ1v) is 14.5. The van der Waals surface area contributed by atoms with Crippen LogP contribution in [0.15, 0.2) is 0 Å². The van der Waals surface area contributed by atoms with Crippen LogP contribution in [0.5, 0.6) is 0 Å². The number of esters is 1. The molecule has 2 heterocycles. The summed E-state index contributed by atoms with van der Waals surface area (Å²) in [4.78, 5) is 65.4. The second kappa shape index (κ2) is 15.2. The fourth-order valence-electron chi connectivity index (χ4n) is 5.08. The van der Waals surface area contributed by atoms with E-state index >= 15 is 0 Å². The molecule has 0 unspecified atom stereocenters. The summed E-state index contributed by atoms with van der Waals surface area (Å²) in [6, 6.07) is -4.64. The molecule has 43 heavy (non-hydrogen) atoms. The number of carbonyl (C=O) groups is 5. The average Bonchev–Trinajstić information content (AvgIpc) is 3.38. The summed E-state index contributed by atoms with van der Waals surface area (Å²) in [7, 11) is 0. The molecule has 246 valence electrons. The molecule has 2 fully saturated rings. The lowest BCUT2D eigenvalue weighted by atomic mass is 9.96. The van der Waals surface area contributed by atoms with Gasteiger partial charge < -0.3 is 50.4 Å². The van der Waals surface area contributed by atoms with Crippen molar-refractivity contribution in [1.82, 2.24) is 20.9 Å². The molecule has 0 aliphatic carbocycles. The van der Waals surface area contributed by atoms with Crippen LogP contribution in [-0.4, -0.2) is 123 Å². The number of amides is 4. The van der Waals surface area contributed by atoms with Gasteiger partial charge in [-0.3, -0.25) is 19.2 Å². The number of nitrogens with one attached hydrogen (secondary N) is 3. The molecule has 15 nitrogen and oxygen atoms in total. The first kappa shape index (κ1) is 36.3. The van der Waals surface area contributed by atoms with Gasteiger partial charge in [0.1, 0.15) is 48.1 Å². The maximum Gasteiger partial charge on any atom is 0.329 e. The lowest BCUT2D eigenvalue weighted by Crippen LogP contribution is -2.66. The summed E-state index contributed by atoms with van der Waals surface area (Å²) in [6.45, 7) is 12.0. The number of ether oxygens (including phenoxy) is 3. The average molecular weight is 617 g/mol. The normalized spacial score (nSPS) is 28.0. The van der Waals surface area contributed by atoms with Gasteiger partial charge in [-0.25, -0.2) is 4.79 Å². The van der Waals surface area contributed by atoms with E-state index in [0.717, 1.165) is 0 Å². The highest BCUT2D eigenvalue weighted by Crippen LogP contribution is 2.26. The largest absolute Gasteiger partial charge is 0.458 e. The van der Waals surface area contributed by atoms with Crippen molar-refractivity contribution in [2.45, 2.75) is 129 Å². The van der Waals surface area contributed by atoms with E-state index in [1.54, 1.807) is 34.6 Å². The smallest absolute Gasteiger partial charge is 0.329 e. The third-order valence-electron chi connectivity index (χ3n) is 7.16. The van der Waals surface area contributed by atoms with Gasteiger partial charge in [0, 0.05) is 20.4 Å². The topological polar surface area (TPSA) is 213 Å². The molecule has 2 saturated heterocycles. The zero-order valence-electron chi connectivity index (χ0n) is 26.2. The van der Waals surface area contributed by atoms with Crippen molar-refractivity contribution in [2.24, 2.45) is 5.92 Å². The molecule has 6 N–H and O–H groups in total. The summed E-state index contributed by atoms with van der Waals surface area (Å²) < 4.78 is 17.2. The van der Waals surface area contributed by atoms with E-state index in [1.807, 2.05) is 0 Å². The molecule has 2 aliphatic rings. The van der Waals surface area contributed by atoms with Crippen molar-refractivity contribution in [3.63, 3.8) is 0 Å². The molecule has 2 rings (SSSR count). The number of hydrogen-bond donors (Lipinski definition) is 6. The van der Waals surface area contributed by atoms with Gasteiger partial charge in [-0.2, -0.15) is 0 Å². The standard InChI is InChI=1S/C28H48N4O11/c1-13(2)19(29-15(4)34)24(38)31-20(25(39)32-11-9-10-17(32)26(40)43-28(6,7)8)14(3)41-27-21(30-16(5)35)23(37)22(36)18(12-33)42-27/h13-14,17-23,27,33,36-37H,9-12H2,1-8H3,(H,29,34)(H,30,35)(H,31,38)/t14-,17+,18-,19+,20+,21-,22+,23-,27+/m1/s1. The summed E-state index contributed by atoms with van der Waals surface area (Å²) >= 11 is 0. The molecule has 15 heteroatoms. The second-order valence-corrected chi connectivity index (χ2v) is 12.4. The highest BCUT2D eigenvalue weighted by Gasteiger charge is 2.48. The van der Waals surface area contributed by atoms with Crippen molar-refractivity contribution in [1.29, 1.82) is 0 Å². The molecule has 0 aromatic rings. The van der Waals surface area contributed by atoms with Crippen LogP contribution >= 0.6 is 0 Å². The Kier molecular flexibility index (Phi) is 12.9. The lowest BCUT2D eigenvalue weighted by Gasteiger charge is -2.43. The Labute approximate surface area is 252 Å². The maximum absolute atomic E-state index is 14.1. The highest BCUT2D eigenvalue weighted by molar-refractivity contribution is 5.94. The Morgan fingerprint density at radius 2 is 1.60 bits per heavy atom. The molecule has 4 amide bonds. The number of likely N-dealkylation sites (tertiary alicyclic amines) is 1. The molecule has 0 radical (unpaired) electrons. The minimum Gasteiger partial charge on any atom is -0.458 e. The van der Waals surface area contributed by atoms with Gasteiger partial charge >= 0.3 is 5.97 Å². The third kappa shape index (κ3) is 9.83. The number of hydrogen-bond acceptors (Lipinski definition) is 11. The molecular formula is C28H48N4O11.